The van der Waals surface area contributed by atoms with E-state index in [1.807, 2.05) is 23.6 Å². The molecule has 1 saturated heterocycles. The van der Waals surface area contributed by atoms with Gasteiger partial charge in [0.25, 0.3) is 5.56 Å². The van der Waals surface area contributed by atoms with E-state index in [0.717, 1.165) is 37.4 Å². The Morgan fingerprint density at radius 1 is 1.12 bits per heavy atom. The summed E-state index contributed by atoms with van der Waals surface area (Å²) in [6, 6.07) is 14.6. The van der Waals surface area contributed by atoms with E-state index < -0.39 is 0 Å². The van der Waals surface area contributed by atoms with Gasteiger partial charge < -0.3 is 5.32 Å². The highest BCUT2D eigenvalue weighted by Crippen LogP contribution is 2.19. The van der Waals surface area contributed by atoms with Crippen LogP contribution in [-0.2, 0) is 6.54 Å². The van der Waals surface area contributed by atoms with Crippen LogP contribution in [0.2, 0.25) is 0 Å². The monoisotopic (exact) mass is 367 g/mol. The summed E-state index contributed by atoms with van der Waals surface area (Å²) in [5.74, 6) is 0.455. The summed E-state index contributed by atoms with van der Waals surface area (Å²) in [6.45, 7) is 3.04. The third kappa shape index (κ3) is 4.00. The molecule has 1 fully saturated rings. The standard InChI is InChI=1S/C19H21N5OS/c25-18-17(16-7-4-12-26-16)22-23-19(21-18)20-15-8-10-24(11-9-15)13-14-5-2-1-3-6-14/h1-7,12,15H,8-11,13H2,(H2,20,21,23,25). The topological polar surface area (TPSA) is 73.9 Å². The van der Waals surface area contributed by atoms with Crippen LogP contribution in [0, 0.1) is 0 Å². The minimum Gasteiger partial charge on any atom is -0.352 e. The van der Waals surface area contributed by atoms with Gasteiger partial charge in [0, 0.05) is 25.7 Å². The Kier molecular flexibility index (Phi) is 5.08. The van der Waals surface area contributed by atoms with Crippen LogP contribution in [0.3, 0.4) is 0 Å². The highest BCUT2D eigenvalue weighted by atomic mass is 32.1. The summed E-state index contributed by atoms with van der Waals surface area (Å²) in [4.78, 5) is 18.3. The van der Waals surface area contributed by atoms with E-state index in [0.29, 0.717) is 17.7 Å². The number of nitrogens with zero attached hydrogens (tertiary/aromatic N) is 3. The first-order chi connectivity index (χ1) is 12.8. The number of anilines is 1. The van der Waals surface area contributed by atoms with Gasteiger partial charge in [-0.25, -0.2) is 0 Å². The van der Waals surface area contributed by atoms with Gasteiger partial charge in [-0.1, -0.05) is 36.4 Å². The average molecular weight is 367 g/mol. The SMILES string of the molecule is O=c1[nH]c(NC2CCN(Cc3ccccc3)CC2)nnc1-c1cccs1. The van der Waals surface area contributed by atoms with E-state index in [9.17, 15) is 4.79 Å². The molecular formula is C19H21N5OS. The van der Waals surface area contributed by atoms with E-state index >= 15 is 0 Å². The number of thiophene rings is 1. The van der Waals surface area contributed by atoms with Crippen molar-refractivity contribution in [2.24, 2.45) is 0 Å². The van der Waals surface area contributed by atoms with Crippen LogP contribution >= 0.6 is 11.3 Å². The van der Waals surface area contributed by atoms with Crippen LogP contribution in [0.25, 0.3) is 10.6 Å². The molecule has 0 unspecified atom stereocenters. The Hall–Kier alpha value is -2.51. The van der Waals surface area contributed by atoms with Gasteiger partial charge in [0.1, 0.15) is 0 Å². The molecule has 7 heteroatoms. The lowest BCUT2D eigenvalue weighted by Crippen LogP contribution is -2.39. The molecule has 2 N–H and O–H groups in total. The number of nitrogens with one attached hydrogen (secondary N) is 2. The molecule has 0 amide bonds. The van der Waals surface area contributed by atoms with Crippen molar-refractivity contribution in [3.8, 4) is 10.6 Å². The maximum atomic E-state index is 12.2. The Morgan fingerprint density at radius 2 is 1.92 bits per heavy atom. The second-order valence-electron chi connectivity index (χ2n) is 6.51. The summed E-state index contributed by atoms with van der Waals surface area (Å²) in [7, 11) is 0. The second kappa shape index (κ2) is 7.80. The molecule has 0 radical (unpaired) electrons. The van der Waals surface area contributed by atoms with Crippen LogP contribution in [0.4, 0.5) is 5.95 Å². The lowest BCUT2D eigenvalue weighted by molar-refractivity contribution is 0.211. The first-order valence-electron chi connectivity index (χ1n) is 8.81. The molecule has 0 spiro atoms. The molecule has 1 aliphatic rings. The molecule has 0 aliphatic carbocycles. The smallest absolute Gasteiger partial charge is 0.279 e. The number of likely N-dealkylation sites (tertiary alicyclic amines) is 1. The number of aromatic amines is 1. The van der Waals surface area contributed by atoms with Crippen molar-refractivity contribution in [1.29, 1.82) is 0 Å². The van der Waals surface area contributed by atoms with Gasteiger partial charge in [-0.2, -0.15) is 0 Å². The normalized spacial score (nSPS) is 15.8. The molecule has 2 aromatic heterocycles. The lowest BCUT2D eigenvalue weighted by Gasteiger charge is -2.32. The quantitative estimate of drug-likeness (QED) is 0.725. The summed E-state index contributed by atoms with van der Waals surface area (Å²) < 4.78 is 0. The summed E-state index contributed by atoms with van der Waals surface area (Å²) in [5.41, 5.74) is 1.52. The van der Waals surface area contributed by atoms with Gasteiger partial charge in [0.05, 0.1) is 4.88 Å². The molecule has 0 bridgehead atoms. The zero-order valence-corrected chi connectivity index (χ0v) is 15.2. The number of benzene rings is 1. The predicted octanol–water partition coefficient (Wildman–Crippen LogP) is 2.97. The molecular weight excluding hydrogens is 346 g/mol. The van der Waals surface area contributed by atoms with Gasteiger partial charge in [-0.15, -0.1) is 21.5 Å². The fraction of sp³-hybridized carbons (Fsp3) is 0.316. The van der Waals surface area contributed by atoms with Gasteiger partial charge in [-0.3, -0.25) is 14.7 Å². The summed E-state index contributed by atoms with van der Waals surface area (Å²) >= 11 is 1.48. The Morgan fingerprint density at radius 3 is 2.62 bits per heavy atom. The van der Waals surface area contributed by atoms with Gasteiger partial charge in [0.2, 0.25) is 5.95 Å². The highest BCUT2D eigenvalue weighted by molar-refractivity contribution is 7.13. The molecule has 134 valence electrons. The van der Waals surface area contributed by atoms with Crippen LogP contribution in [-0.4, -0.2) is 39.2 Å². The third-order valence-electron chi connectivity index (χ3n) is 4.63. The van der Waals surface area contributed by atoms with E-state index in [1.165, 1.54) is 16.9 Å². The first kappa shape index (κ1) is 16.9. The average Bonchev–Trinajstić information content (AvgIpc) is 3.19. The maximum absolute atomic E-state index is 12.2. The maximum Gasteiger partial charge on any atom is 0.279 e. The minimum atomic E-state index is -0.202. The minimum absolute atomic E-state index is 0.202. The van der Waals surface area contributed by atoms with E-state index in [4.69, 9.17) is 0 Å². The van der Waals surface area contributed by atoms with Crippen LogP contribution < -0.4 is 10.9 Å². The number of aromatic nitrogens is 3. The zero-order chi connectivity index (χ0) is 17.8. The van der Waals surface area contributed by atoms with E-state index in [2.05, 4.69) is 49.7 Å². The Balaban J connectivity index is 1.33. The number of hydrogen-bond acceptors (Lipinski definition) is 6. The van der Waals surface area contributed by atoms with Crippen LogP contribution in [0.1, 0.15) is 18.4 Å². The van der Waals surface area contributed by atoms with Crippen LogP contribution in [0.5, 0.6) is 0 Å². The summed E-state index contributed by atoms with van der Waals surface area (Å²) in [5, 5.41) is 13.5. The number of piperidine rings is 1. The molecule has 3 heterocycles. The largest absolute Gasteiger partial charge is 0.352 e. The third-order valence-corrected chi connectivity index (χ3v) is 5.51. The first-order valence-corrected chi connectivity index (χ1v) is 9.69. The van der Waals surface area contributed by atoms with Crippen LogP contribution in [0.15, 0.2) is 52.6 Å². The number of hydrogen-bond donors (Lipinski definition) is 2. The second-order valence-corrected chi connectivity index (χ2v) is 7.46. The fourth-order valence-electron chi connectivity index (χ4n) is 3.25. The van der Waals surface area contributed by atoms with Crippen molar-refractivity contribution < 1.29 is 0 Å². The molecule has 6 nitrogen and oxygen atoms in total. The number of rotatable bonds is 5. The predicted molar refractivity (Wildman–Crippen MR) is 104 cm³/mol. The highest BCUT2D eigenvalue weighted by Gasteiger charge is 2.20. The van der Waals surface area contributed by atoms with Gasteiger partial charge in [0.15, 0.2) is 5.69 Å². The van der Waals surface area contributed by atoms with Gasteiger partial charge in [-0.05, 0) is 29.9 Å². The Labute approximate surface area is 155 Å². The van der Waals surface area contributed by atoms with Crippen molar-refractivity contribution in [1.82, 2.24) is 20.1 Å². The Bertz CT molecular complexity index is 886. The lowest BCUT2D eigenvalue weighted by atomic mass is 10.0. The van der Waals surface area contributed by atoms with Crippen molar-refractivity contribution in [2.45, 2.75) is 25.4 Å². The zero-order valence-electron chi connectivity index (χ0n) is 14.4. The molecule has 26 heavy (non-hydrogen) atoms. The fourth-order valence-corrected chi connectivity index (χ4v) is 3.95. The van der Waals surface area contributed by atoms with E-state index in [-0.39, 0.29) is 5.56 Å². The van der Waals surface area contributed by atoms with E-state index in [1.54, 1.807) is 0 Å². The van der Waals surface area contributed by atoms with Crippen molar-refractivity contribution >= 4 is 17.3 Å². The molecule has 4 rings (SSSR count). The molecule has 1 aliphatic heterocycles. The summed E-state index contributed by atoms with van der Waals surface area (Å²) in [6.07, 6.45) is 2.03. The molecule has 0 atom stereocenters. The number of H-pyrrole nitrogens is 1. The molecule has 0 saturated carbocycles. The molecule has 3 aromatic rings. The van der Waals surface area contributed by atoms with Crippen molar-refractivity contribution in [3.05, 3.63) is 63.8 Å². The van der Waals surface area contributed by atoms with Crippen molar-refractivity contribution in [2.75, 3.05) is 18.4 Å². The van der Waals surface area contributed by atoms with Gasteiger partial charge >= 0.3 is 0 Å². The molecule has 1 aromatic carbocycles. The van der Waals surface area contributed by atoms with Crippen molar-refractivity contribution in [3.63, 3.8) is 0 Å².